The third kappa shape index (κ3) is 3.89. The molecule has 1 rings (SSSR count). The van der Waals surface area contributed by atoms with Crippen LogP contribution < -0.4 is 5.73 Å². The van der Waals surface area contributed by atoms with Gasteiger partial charge in [0.2, 0.25) is 10.0 Å². The molecular weight excluding hydrogens is 316 g/mol. The Balaban J connectivity index is 3.21. The summed E-state index contributed by atoms with van der Waals surface area (Å²) < 4.78 is 26.8. The van der Waals surface area contributed by atoms with Crippen LogP contribution in [0.4, 0.5) is 0 Å². The summed E-state index contributed by atoms with van der Waals surface area (Å²) in [7, 11) is -2.00. The van der Waals surface area contributed by atoms with Crippen molar-refractivity contribution in [2.24, 2.45) is 5.73 Å². The molecule has 2 N–H and O–H groups in total. The van der Waals surface area contributed by atoms with Gasteiger partial charge in [-0.05, 0) is 30.4 Å². The Morgan fingerprint density at radius 2 is 2.10 bits per heavy atom. The number of halogens is 1. The zero-order valence-corrected chi connectivity index (χ0v) is 14.4. The zero-order valence-electron chi connectivity index (χ0n) is 12.0. The van der Waals surface area contributed by atoms with Gasteiger partial charge < -0.3 is 5.73 Å². The van der Waals surface area contributed by atoms with Crippen molar-refractivity contribution in [3.8, 4) is 0 Å². The molecule has 0 bridgehead atoms. The first-order valence-electron chi connectivity index (χ1n) is 6.33. The molecule has 7 heteroatoms. The van der Waals surface area contributed by atoms with Crippen molar-refractivity contribution in [3.63, 3.8) is 0 Å². The second kappa shape index (κ2) is 7.66. The van der Waals surface area contributed by atoms with E-state index in [0.717, 1.165) is 17.7 Å². The molecule has 0 radical (unpaired) electrons. The molecule has 0 amide bonds. The van der Waals surface area contributed by atoms with Crippen molar-refractivity contribution in [1.29, 1.82) is 0 Å². The summed E-state index contributed by atoms with van der Waals surface area (Å²) in [6, 6.07) is 4.83. The Hall–Kier alpha value is -0.270. The number of hydrogen-bond donors (Lipinski definition) is 1. The van der Waals surface area contributed by atoms with Gasteiger partial charge in [-0.25, -0.2) is 8.42 Å². The quantitative estimate of drug-likeness (QED) is 0.831. The normalized spacial score (nSPS) is 13.7. The van der Waals surface area contributed by atoms with E-state index in [1.807, 2.05) is 13.2 Å². The van der Waals surface area contributed by atoms with E-state index in [4.69, 9.17) is 17.3 Å². The van der Waals surface area contributed by atoms with E-state index < -0.39 is 10.0 Å². The van der Waals surface area contributed by atoms with Crippen LogP contribution in [0.25, 0.3) is 0 Å². The second-order valence-corrected chi connectivity index (χ2v) is 7.79. The van der Waals surface area contributed by atoms with E-state index in [2.05, 4.69) is 0 Å². The molecule has 0 saturated heterocycles. The van der Waals surface area contributed by atoms with Crippen molar-refractivity contribution in [2.45, 2.75) is 30.8 Å². The molecule has 0 saturated carbocycles. The first kappa shape index (κ1) is 17.8. The minimum Gasteiger partial charge on any atom is -0.326 e. The highest BCUT2D eigenvalue weighted by Crippen LogP contribution is 2.27. The number of sulfonamides is 1. The maximum Gasteiger partial charge on any atom is 0.244 e. The standard InChI is InChI=1S/C13H21ClN2O2S2/c1-4-11(9-19-3)16(2)20(17,18)13-7-10(8-15)5-6-12(13)14/h5-7,11H,4,8-9,15H2,1-3H3. The lowest BCUT2D eigenvalue weighted by Crippen LogP contribution is -2.38. The van der Waals surface area contributed by atoms with Gasteiger partial charge in [0.1, 0.15) is 4.90 Å². The average Bonchev–Trinajstić information content (AvgIpc) is 2.44. The Labute approximate surface area is 130 Å². The van der Waals surface area contributed by atoms with E-state index in [1.165, 1.54) is 4.31 Å². The number of thioether (sulfide) groups is 1. The SMILES string of the molecule is CCC(CSC)N(C)S(=O)(=O)c1cc(CN)ccc1Cl. The van der Waals surface area contributed by atoms with Crippen LogP contribution in [-0.4, -0.2) is 37.8 Å². The second-order valence-electron chi connectivity index (χ2n) is 4.51. The topological polar surface area (TPSA) is 63.4 Å². The molecule has 1 unspecified atom stereocenters. The fourth-order valence-electron chi connectivity index (χ4n) is 1.90. The van der Waals surface area contributed by atoms with E-state index in [-0.39, 0.29) is 22.5 Å². The molecule has 0 aromatic heterocycles. The van der Waals surface area contributed by atoms with E-state index in [9.17, 15) is 8.42 Å². The van der Waals surface area contributed by atoms with Gasteiger partial charge in [0, 0.05) is 25.4 Å². The predicted octanol–water partition coefficient (Wildman–Crippen LogP) is 2.56. The van der Waals surface area contributed by atoms with Gasteiger partial charge in [0.05, 0.1) is 5.02 Å². The summed E-state index contributed by atoms with van der Waals surface area (Å²) in [5.41, 5.74) is 6.32. The molecule has 0 spiro atoms. The molecule has 0 aliphatic heterocycles. The first-order chi connectivity index (χ1) is 9.38. The van der Waals surface area contributed by atoms with Crippen molar-refractivity contribution in [1.82, 2.24) is 4.31 Å². The summed E-state index contributed by atoms with van der Waals surface area (Å²) >= 11 is 7.68. The molecular formula is C13H21ClN2O2S2. The Morgan fingerprint density at radius 3 is 2.60 bits per heavy atom. The smallest absolute Gasteiger partial charge is 0.244 e. The van der Waals surface area contributed by atoms with Crippen molar-refractivity contribution < 1.29 is 8.42 Å². The maximum atomic E-state index is 12.7. The van der Waals surface area contributed by atoms with Crippen LogP contribution >= 0.6 is 23.4 Å². The minimum atomic E-state index is -3.60. The lowest BCUT2D eigenvalue weighted by molar-refractivity contribution is 0.385. The molecule has 4 nitrogen and oxygen atoms in total. The molecule has 0 aliphatic carbocycles. The molecule has 1 aromatic rings. The van der Waals surface area contributed by atoms with Crippen LogP contribution in [0.5, 0.6) is 0 Å². The fourth-order valence-corrected chi connectivity index (χ4v) is 4.79. The Morgan fingerprint density at radius 1 is 1.45 bits per heavy atom. The lowest BCUT2D eigenvalue weighted by Gasteiger charge is -2.26. The molecule has 1 aromatic carbocycles. The molecule has 20 heavy (non-hydrogen) atoms. The summed E-state index contributed by atoms with van der Waals surface area (Å²) in [6.45, 7) is 2.26. The average molecular weight is 337 g/mol. The predicted molar refractivity (Wildman–Crippen MR) is 86.8 cm³/mol. The lowest BCUT2D eigenvalue weighted by atomic mass is 10.2. The van der Waals surface area contributed by atoms with Gasteiger partial charge in [-0.2, -0.15) is 16.1 Å². The summed E-state index contributed by atoms with van der Waals surface area (Å²) in [5.74, 6) is 0.750. The summed E-state index contributed by atoms with van der Waals surface area (Å²) in [5, 5.41) is 0.230. The number of hydrogen-bond acceptors (Lipinski definition) is 4. The largest absolute Gasteiger partial charge is 0.326 e. The highest BCUT2D eigenvalue weighted by molar-refractivity contribution is 7.98. The Kier molecular flexibility index (Phi) is 6.81. The first-order valence-corrected chi connectivity index (χ1v) is 9.55. The van der Waals surface area contributed by atoms with Crippen LogP contribution in [0.15, 0.2) is 23.1 Å². The zero-order chi connectivity index (χ0) is 15.3. The van der Waals surface area contributed by atoms with Gasteiger partial charge in [-0.15, -0.1) is 0 Å². The van der Waals surface area contributed by atoms with E-state index in [1.54, 1.807) is 37.0 Å². The van der Waals surface area contributed by atoms with Crippen molar-refractivity contribution in [3.05, 3.63) is 28.8 Å². The minimum absolute atomic E-state index is 0.0485. The van der Waals surface area contributed by atoms with Gasteiger partial charge in [0.25, 0.3) is 0 Å². The Bertz CT molecular complexity index is 549. The number of benzene rings is 1. The number of nitrogens with zero attached hydrogens (tertiary/aromatic N) is 1. The van der Waals surface area contributed by atoms with Gasteiger partial charge in [0.15, 0.2) is 0 Å². The van der Waals surface area contributed by atoms with Gasteiger partial charge in [-0.1, -0.05) is 24.6 Å². The highest BCUT2D eigenvalue weighted by atomic mass is 35.5. The maximum absolute atomic E-state index is 12.7. The fraction of sp³-hybridized carbons (Fsp3) is 0.538. The van der Waals surface area contributed by atoms with Gasteiger partial charge >= 0.3 is 0 Å². The van der Waals surface area contributed by atoms with Crippen molar-refractivity contribution >= 4 is 33.4 Å². The van der Waals surface area contributed by atoms with Crippen molar-refractivity contribution in [2.75, 3.05) is 19.1 Å². The number of rotatable bonds is 7. The van der Waals surface area contributed by atoms with Crippen LogP contribution in [0.2, 0.25) is 5.02 Å². The molecule has 0 fully saturated rings. The van der Waals surface area contributed by atoms with Crippen LogP contribution in [0.3, 0.4) is 0 Å². The monoisotopic (exact) mass is 336 g/mol. The van der Waals surface area contributed by atoms with Crippen LogP contribution in [-0.2, 0) is 16.6 Å². The van der Waals surface area contributed by atoms with Crippen LogP contribution in [0.1, 0.15) is 18.9 Å². The highest BCUT2D eigenvalue weighted by Gasteiger charge is 2.28. The van der Waals surface area contributed by atoms with Crippen LogP contribution in [0, 0.1) is 0 Å². The molecule has 0 heterocycles. The molecule has 1 atom stereocenters. The third-order valence-corrected chi connectivity index (χ3v) is 6.34. The summed E-state index contributed by atoms with van der Waals surface area (Å²) in [6.07, 6.45) is 2.72. The summed E-state index contributed by atoms with van der Waals surface area (Å²) in [4.78, 5) is 0.129. The molecule has 114 valence electrons. The van der Waals surface area contributed by atoms with E-state index >= 15 is 0 Å². The molecule has 0 aliphatic rings. The number of nitrogens with two attached hydrogens (primary N) is 1. The van der Waals surface area contributed by atoms with E-state index in [0.29, 0.717) is 0 Å². The van der Waals surface area contributed by atoms with Gasteiger partial charge in [-0.3, -0.25) is 0 Å². The third-order valence-electron chi connectivity index (χ3n) is 3.23.